The van der Waals surface area contributed by atoms with Crippen LogP contribution in [0.1, 0.15) is 25.3 Å². The van der Waals surface area contributed by atoms with Crippen molar-refractivity contribution in [3.05, 3.63) is 35.9 Å². The van der Waals surface area contributed by atoms with Gasteiger partial charge in [0.05, 0.1) is 0 Å². The first-order valence-corrected chi connectivity index (χ1v) is 9.14. The monoisotopic (exact) mass is 346 g/mol. The van der Waals surface area contributed by atoms with Crippen molar-refractivity contribution in [2.24, 2.45) is 0 Å². The number of amides is 2. The normalized spacial score (nSPS) is 14.9. The summed E-state index contributed by atoms with van der Waals surface area (Å²) in [7, 11) is 0. The van der Waals surface area contributed by atoms with Crippen molar-refractivity contribution >= 4 is 11.8 Å². The SMILES string of the molecule is CC(=O)N(CCC(=O)NCCCN1CCNCC1)Cc1ccccc1. The lowest BCUT2D eigenvalue weighted by atomic mass is 10.2. The van der Waals surface area contributed by atoms with E-state index in [0.717, 1.165) is 44.7 Å². The van der Waals surface area contributed by atoms with Gasteiger partial charge in [0.15, 0.2) is 0 Å². The molecule has 1 aliphatic heterocycles. The highest BCUT2D eigenvalue weighted by Crippen LogP contribution is 2.05. The predicted octanol–water partition coefficient (Wildman–Crippen LogP) is 0.837. The topological polar surface area (TPSA) is 64.7 Å². The smallest absolute Gasteiger partial charge is 0.221 e. The third-order valence-corrected chi connectivity index (χ3v) is 4.45. The van der Waals surface area contributed by atoms with E-state index in [1.807, 2.05) is 30.3 Å². The summed E-state index contributed by atoms with van der Waals surface area (Å²) in [5, 5.41) is 6.29. The van der Waals surface area contributed by atoms with Gasteiger partial charge >= 0.3 is 0 Å². The highest BCUT2D eigenvalue weighted by Gasteiger charge is 2.12. The number of rotatable bonds is 9. The molecule has 0 bridgehead atoms. The van der Waals surface area contributed by atoms with Gasteiger partial charge in [0.25, 0.3) is 0 Å². The Morgan fingerprint density at radius 2 is 1.92 bits per heavy atom. The van der Waals surface area contributed by atoms with Gasteiger partial charge in [0, 0.05) is 59.2 Å². The zero-order chi connectivity index (χ0) is 17.9. The van der Waals surface area contributed by atoms with Crippen LogP contribution in [0.25, 0.3) is 0 Å². The van der Waals surface area contributed by atoms with Crippen molar-refractivity contribution < 1.29 is 9.59 Å². The van der Waals surface area contributed by atoms with E-state index in [9.17, 15) is 9.59 Å². The number of hydrogen-bond acceptors (Lipinski definition) is 4. The maximum Gasteiger partial charge on any atom is 0.221 e. The van der Waals surface area contributed by atoms with Gasteiger partial charge in [0.2, 0.25) is 11.8 Å². The van der Waals surface area contributed by atoms with Crippen molar-refractivity contribution in [1.29, 1.82) is 0 Å². The van der Waals surface area contributed by atoms with Crippen LogP contribution in [-0.4, -0.2) is 67.4 Å². The molecule has 2 amide bonds. The molecule has 0 radical (unpaired) electrons. The quantitative estimate of drug-likeness (QED) is 0.650. The Hall–Kier alpha value is -1.92. The molecule has 6 nitrogen and oxygen atoms in total. The fourth-order valence-corrected chi connectivity index (χ4v) is 2.94. The highest BCUT2D eigenvalue weighted by atomic mass is 16.2. The number of nitrogens with zero attached hydrogens (tertiary/aromatic N) is 2. The number of hydrogen-bond donors (Lipinski definition) is 2. The fourth-order valence-electron chi connectivity index (χ4n) is 2.94. The van der Waals surface area contributed by atoms with Crippen LogP contribution in [0, 0.1) is 0 Å². The molecule has 1 saturated heterocycles. The van der Waals surface area contributed by atoms with Gasteiger partial charge in [-0.25, -0.2) is 0 Å². The van der Waals surface area contributed by atoms with Crippen LogP contribution in [0.4, 0.5) is 0 Å². The zero-order valence-electron chi connectivity index (χ0n) is 15.2. The van der Waals surface area contributed by atoms with E-state index < -0.39 is 0 Å². The summed E-state index contributed by atoms with van der Waals surface area (Å²) in [4.78, 5) is 27.9. The Balaban J connectivity index is 1.62. The summed E-state index contributed by atoms with van der Waals surface area (Å²) in [6.07, 6.45) is 1.31. The fraction of sp³-hybridized carbons (Fsp3) is 0.579. The molecule has 2 N–H and O–H groups in total. The third-order valence-electron chi connectivity index (χ3n) is 4.45. The van der Waals surface area contributed by atoms with Crippen LogP contribution < -0.4 is 10.6 Å². The number of piperazine rings is 1. The van der Waals surface area contributed by atoms with E-state index in [-0.39, 0.29) is 11.8 Å². The molecule has 0 atom stereocenters. The standard InChI is InChI=1S/C19H30N4O2/c1-17(24)23(16-18-6-3-2-4-7-18)13-8-19(25)21-9-5-12-22-14-10-20-11-15-22/h2-4,6-7,20H,5,8-16H2,1H3,(H,21,25). The Morgan fingerprint density at radius 3 is 2.60 bits per heavy atom. The van der Waals surface area contributed by atoms with E-state index in [4.69, 9.17) is 0 Å². The second kappa shape index (κ2) is 10.8. The largest absolute Gasteiger partial charge is 0.356 e. The minimum absolute atomic E-state index is 0.00430. The average Bonchev–Trinajstić information content (AvgIpc) is 2.63. The van der Waals surface area contributed by atoms with E-state index in [2.05, 4.69) is 15.5 Å². The highest BCUT2D eigenvalue weighted by molar-refractivity contribution is 5.78. The van der Waals surface area contributed by atoms with Gasteiger partial charge in [0.1, 0.15) is 0 Å². The van der Waals surface area contributed by atoms with Crippen LogP contribution >= 0.6 is 0 Å². The van der Waals surface area contributed by atoms with Crippen LogP contribution in [0.3, 0.4) is 0 Å². The van der Waals surface area contributed by atoms with Gasteiger partial charge in [-0.2, -0.15) is 0 Å². The van der Waals surface area contributed by atoms with Crippen LogP contribution in [0.2, 0.25) is 0 Å². The van der Waals surface area contributed by atoms with E-state index in [0.29, 0.717) is 26.1 Å². The predicted molar refractivity (Wildman–Crippen MR) is 99.1 cm³/mol. The van der Waals surface area contributed by atoms with Crippen LogP contribution in [0.5, 0.6) is 0 Å². The molecule has 0 aliphatic carbocycles. The molecule has 25 heavy (non-hydrogen) atoms. The van der Waals surface area contributed by atoms with Gasteiger partial charge in [-0.1, -0.05) is 30.3 Å². The molecule has 1 aromatic rings. The number of nitrogens with one attached hydrogen (secondary N) is 2. The maximum atomic E-state index is 12.0. The molecule has 1 fully saturated rings. The van der Waals surface area contributed by atoms with E-state index in [1.165, 1.54) is 0 Å². The average molecular weight is 346 g/mol. The maximum absolute atomic E-state index is 12.0. The van der Waals surface area contributed by atoms with Gasteiger partial charge < -0.3 is 20.4 Å². The molecular formula is C19H30N4O2. The van der Waals surface area contributed by atoms with Crippen molar-refractivity contribution in [3.63, 3.8) is 0 Å². The molecule has 1 aliphatic rings. The molecule has 0 spiro atoms. The minimum atomic E-state index is -0.00430. The zero-order valence-corrected chi connectivity index (χ0v) is 15.2. The van der Waals surface area contributed by atoms with Crippen molar-refractivity contribution in [2.75, 3.05) is 45.8 Å². The molecule has 0 aromatic heterocycles. The molecule has 1 heterocycles. The van der Waals surface area contributed by atoms with Gasteiger partial charge in [-0.3, -0.25) is 9.59 Å². The van der Waals surface area contributed by atoms with E-state index >= 15 is 0 Å². The Labute approximate surface area is 150 Å². The number of carbonyl (C=O) groups is 2. The summed E-state index contributed by atoms with van der Waals surface area (Å²) in [6.45, 7) is 8.54. The molecule has 0 unspecified atom stereocenters. The second-order valence-electron chi connectivity index (χ2n) is 6.47. The van der Waals surface area contributed by atoms with Crippen molar-refractivity contribution in [1.82, 2.24) is 20.4 Å². The molecular weight excluding hydrogens is 316 g/mol. The first-order chi connectivity index (χ1) is 12.1. The van der Waals surface area contributed by atoms with Crippen LogP contribution in [0.15, 0.2) is 30.3 Å². The number of carbonyl (C=O) groups excluding carboxylic acids is 2. The third kappa shape index (κ3) is 7.67. The Bertz CT molecular complexity index is 529. The molecule has 2 rings (SSSR count). The molecule has 138 valence electrons. The van der Waals surface area contributed by atoms with Gasteiger partial charge in [-0.15, -0.1) is 0 Å². The first-order valence-electron chi connectivity index (χ1n) is 9.14. The second-order valence-corrected chi connectivity index (χ2v) is 6.47. The Morgan fingerprint density at radius 1 is 1.20 bits per heavy atom. The minimum Gasteiger partial charge on any atom is -0.356 e. The summed E-state index contributed by atoms with van der Waals surface area (Å²) in [6, 6.07) is 9.85. The summed E-state index contributed by atoms with van der Waals surface area (Å²) in [5.41, 5.74) is 1.08. The van der Waals surface area contributed by atoms with E-state index in [1.54, 1.807) is 11.8 Å². The van der Waals surface area contributed by atoms with Gasteiger partial charge in [-0.05, 0) is 18.5 Å². The molecule has 1 aromatic carbocycles. The summed E-state index contributed by atoms with van der Waals surface area (Å²) < 4.78 is 0. The summed E-state index contributed by atoms with van der Waals surface area (Å²) in [5.74, 6) is 0.00924. The van der Waals surface area contributed by atoms with Crippen LogP contribution in [-0.2, 0) is 16.1 Å². The lowest BCUT2D eigenvalue weighted by Crippen LogP contribution is -2.44. The lowest BCUT2D eigenvalue weighted by Gasteiger charge is -2.27. The van der Waals surface area contributed by atoms with Crippen molar-refractivity contribution in [2.45, 2.75) is 26.3 Å². The number of benzene rings is 1. The Kier molecular flexibility index (Phi) is 8.42. The van der Waals surface area contributed by atoms with Crippen molar-refractivity contribution in [3.8, 4) is 0 Å². The molecule has 6 heteroatoms. The summed E-state index contributed by atoms with van der Waals surface area (Å²) >= 11 is 0. The molecule has 0 saturated carbocycles. The lowest BCUT2D eigenvalue weighted by molar-refractivity contribution is -0.130. The first kappa shape index (κ1) is 19.4.